The van der Waals surface area contributed by atoms with Crippen LogP contribution in [0.4, 0.5) is 4.79 Å². The van der Waals surface area contributed by atoms with Gasteiger partial charge in [-0.05, 0) is 5.56 Å². The minimum atomic E-state index is -1.59. The molecule has 0 radical (unpaired) electrons. The van der Waals surface area contributed by atoms with Gasteiger partial charge in [-0.15, -0.1) is 0 Å². The predicted octanol–water partition coefficient (Wildman–Crippen LogP) is 0.797. The molecule has 0 aromatic heterocycles. The van der Waals surface area contributed by atoms with Crippen LogP contribution >= 0.6 is 0 Å². The Labute approximate surface area is 109 Å². The van der Waals surface area contributed by atoms with Crippen molar-refractivity contribution in [1.29, 1.82) is 0 Å². The Bertz CT molecular complexity index is 489. The summed E-state index contributed by atoms with van der Waals surface area (Å²) in [4.78, 5) is 23.6. The molecule has 2 rings (SSSR count). The van der Waals surface area contributed by atoms with Crippen LogP contribution in [0, 0.1) is 0 Å². The fourth-order valence-corrected chi connectivity index (χ4v) is 2.59. The van der Waals surface area contributed by atoms with Crippen molar-refractivity contribution < 1.29 is 24.9 Å². The average Bonchev–Trinajstić information content (AvgIpc) is 2.69. The molecule has 1 fully saturated rings. The van der Waals surface area contributed by atoms with Crippen molar-refractivity contribution in [2.75, 3.05) is 6.54 Å². The molecule has 6 heteroatoms. The number of likely N-dealkylation sites (tertiary alicyclic amines) is 1. The molecule has 6 nitrogen and oxygen atoms in total. The van der Waals surface area contributed by atoms with Gasteiger partial charge in [0.2, 0.25) is 0 Å². The molecule has 19 heavy (non-hydrogen) atoms. The van der Waals surface area contributed by atoms with Gasteiger partial charge in [-0.2, -0.15) is 0 Å². The number of hydrogen-bond acceptors (Lipinski definition) is 3. The molecule has 1 heterocycles. The normalized spacial score (nSPS) is 26.4. The lowest BCUT2D eigenvalue weighted by Gasteiger charge is -2.32. The minimum Gasteiger partial charge on any atom is -0.479 e. The molecule has 0 unspecified atom stereocenters. The zero-order chi connectivity index (χ0) is 14.0. The Kier molecular flexibility index (Phi) is 3.44. The standard InChI is InChI=1S/C13H15NO5/c15-10-7-13(11(16)17,14(8-10)12(18)19)6-9-4-2-1-3-5-9/h1-5,10,15H,6-8H2,(H,16,17)(H,18,19)/t10-,13-/m0/s1. The molecule has 1 saturated heterocycles. The maximum atomic E-state index is 11.6. The number of aliphatic hydroxyl groups is 1. The second-order valence-corrected chi connectivity index (χ2v) is 4.75. The number of benzene rings is 1. The molecule has 0 spiro atoms. The van der Waals surface area contributed by atoms with Crippen molar-refractivity contribution in [3.8, 4) is 0 Å². The lowest BCUT2D eigenvalue weighted by Crippen LogP contribution is -2.54. The number of aliphatic carboxylic acids is 1. The lowest BCUT2D eigenvalue weighted by atomic mass is 9.88. The molecule has 0 aliphatic carbocycles. The molecule has 2 atom stereocenters. The summed E-state index contributed by atoms with van der Waals surface area (Å²) in [5.41, 5.74) is -0.864. The summed E-state index contributed by atoms with van der Waals surface area (Å²) in [6.45, 7) is -0.172. The molecule has 1 aromatic carbocycles. The van der Waals surface area contributed by atoms with Gasteiger partial charge < -0.3 is 15.3 Å². The van der Waals surface area contributed by atoms with Crippen LogP contribution < -0.4 is 0 Å². The van der Waals surface area contributed by atoms with Gasteiger partial charge in [-0.25, -0.2) is 9.59 Å². The second kappa shape index (κ2) is 4.89. The van der Waals surface area contributed by atoms with E-state index in [1.54, 1.807) is 30.3 Å². The third-order valence-corrected chi connectivity index (χ3v) is 3.45. The number of nitrogens with zero attached hydrogens (tertiary/aromatic N) is 1. The van der Waals surface area contributed by atoms with E-state index in [9.17, 15) is 19.8 Å². The van der Waals surface area contributed by atoms with Crippen molar-refractivity contribution in [3.05, 3.63) is 35.9 Å². The summed E-state index contributed by atoms with van der Waals surface area (Å²) in [5.74, 6) is -1.23. The van der Waals surface area contributed by atoms with E-state index >= 15 is 0 Å². The Morgan fingerprint density at radius 1 is 1.26 bits per heavy atom. The highest BCUT2D eigenvalue weighted by atomic mass is 16.4. The van der Waals surface area contributed by atoms with E-state index in [2.05, 4.69) is 0 Å². The fourth-order valence-electron chi connectivity index (χ4n) is 2.59. The van der Waals surface area contributed by atoms with E-state index in [1.165, 1.54) is 0 Å². The SMILES string of the molecule is O=C(O)N1C[C@@H](O)C[C@@]1(Cc1ccccc1)C(=O)O. The maximum Gasteiger partial charge on any atom is 0.408 e. The van der Waals surface area contributed by atoms with Gasteiger partial charge in [0.05, 0.1) is 12.6 Å². The van der Waals surface area contributed by atoms with Crippen LogP contribution in [0.25, 0.3) is 0 Å². The zero-order valence-electron chi connectivity index (χ0n) is 10.2. The molecular formula is C13H15NO5. The molecule has 1 aromatic rings. The minimum absolute atomic E-state index is 0.0481. The van der Waals surface area contributed by atoms with Crippen LogP contribution in [0.1, 0.15) is 12.0 Å². The van der Waals surface area contributed by atoms with Gasteiger partial charge >= 0.3 is 12.1 Å². The molecule has 3 N–H and O–H groups in total. The van der Waals surface area contributed by atoms with Gasteiger partial charge in [0.25, 0.3) is 0 Å². The number of β-amino-alcohol motifs (C(OH)–C–C–N with tert-alkyl or cyclic N) is 1. The molecule has 0 bridgehead atoms. The Balaban J connectivity index is 2.37. The summed E-state index contributed by atoms with van der Waals surface area (Å²) >= 11 is 0. The summed E-state index contributed by atoms with van der Waals surface area (Å²) < 4.78 is 0. The van der Waals surface area contributed by atoms with Crippen molar-refractivity contribution in [2.45, 2.75) is 24.5 Å². The predicted molar refractivity (Wildman–Crippen MR) is 65.9 cm³/mol. The van der Waals surface area contributed by atoms with E-state index in [1.807, 2.05) is 0 Å². The van der Waals surface area contributed by atoms with E-state index in [0.29, 0.717) is 0 Å². The number of hydrogen-bond donors (Lipinski definition) is 3. The highest BCUT2D eigenvalue weighted by molar-refractivity contribution is 5.85. The first-order valence-electron chi connectivity index (χ1n) is 5.91. The summed E-state index contributed by atoms with van der Waals surface area (Å²) in [7, 11) is 0. The van der Waals surface area contributed by atoms with E-state index in [-0.39, 0.29) is 19.4 Å². The topological polar surface area (TPSA) is 98.1 Å². The first-order chi connectivity index (χ1) is 8.95. The van der Waals surface area contributed by atoms with E-state index in [0.717, 1.165) is 10.5 Å². The second-order valence-electron chi connectivity index (χ2n) is 4.75. The molecule has 1 aliphatic rings. The number of rotatable bonds is 3. The monoisotopic (exact) mass is 265 g/mol. The summed E-state index contributed by atoms with van der Waals surface area (Å²) in [6.07, 6.45) is -2.32. The van der Waals surface area contributed by atoms with E-state index < -0.39 is 23.7 Å². The van der Waals surface area contributed by atoms with Crippen LogP contribution in [0.3, 0.4) is 0 Å². The number of carboxylic acids is 1. The number of amides is 1. The van der Waals surface area contributed by atoms with Gasteiger partial charge in [-0.1, -0.05) is 30.3 Å². The quantitative estimate of drug-likeness (QED) is 0.750. The largest absolute Gasteiger partial charge is 0.479 e. The number of aliphatic hydroxyl groups excluding tert-OH is 1. The van der Waals surface area contributed by atoms with Crippen molar-refractivity contribution >= 4 is 12.1 Å². The first kappa shape index (κ1) is 13.4. The first-order valence-corrected chi connectivity index (χ1v) is 5.91. The van der Waals surface area contributed by atoms with Crippen LogP contribution in [0.15, 0.2) is 30.3 Å². The third kappa shape index (κ3) is 2.39. The molecule has 1 amide bonds. The number of carbonyl (C=O) groups is 2. The summed E-state index contributed by atoms with van der Waals surface area (Å²) in [6, 6.07) is 8.82. The van der Waals surface area contributed by atoms with Crippen LogP contribution in [-0.4, -0.2) is 50.5 Å². The van der Waals surface area contributed by atoms with Crippen LogP contribution in [-0.2, 0) is 11.2 Å². The van der Waals surface area contributed by atoms with E-state index in [4.69, 9.17) is 5.11 Å². The van der Waals surface area contributed by atoms with Gasteiger partial charge in [-0.3, -0.25) is 4.90 Å². The molecule has 1 aliphatic heterocycles. The fraction of sp³-hybridized carbons (Fsp3) is 0.385. The zero-order valence-corrected chi connectivity index (χ0v) is 10.2. The van der Waals surface area contributed by atoms with Crippen LogP contribution in [0.2, 0.25) is 0 Å². The van der Waals surface area contributed by atoms with Gasteiger partial charge in [0.15, 0.2) is 0 Å². The van der Waals surface area contributed by atoms with Crippen molar-refractivity contribution in [3.63, 3.8) is 0 Å². The maximum absolute atomic E-state index is 11.6. The Hall–Kier alpha value is -2.08. The highest BCUT2D eigenvalue weighted by Crippen LogP contribution is 2.33. The lowest BCUT2D eigenvalue weighted by molar-refractivity contribution is -0.148. The van der Waals surface area contributed by atoms with Gasteiger partial charge in [0.1, 0.15) is 5.54 Å². The average molecular weight is 265 g/mol. The Morgan fingerprint density at radius 2 is 1.89 bits per heavy atom. The van der Waals surface area contributed by atoms with Crippen LogP contribution in [0.5, 0.6) is 0 Å². The smallest absolute Gasteiger partial charge is 0.408 e. The van der Waals surface area contributed by atoms with Crippen molar-refractivity contribution in [1.82, 2.24) is 4.90 Å². The highest BCUT2D eigenvalue weighted by Gasteiger charge is 2.53. The van der Waals surface area contributed by atoms with Gasteiger partial charge in [0, 0.05) is 12.8 Å². The molecular weight excluding hydrogens is 250 g/mol. The molecule has 102 valence electrons. The summed E-state index contributed by atoms with van der Waals surface area (Å²) in [5, 5.41) is 28.2. The van der Waals surface area contributed by atoms with Crippen molar-refractivity contribution in [2.24, 2.45) is 0 Å². The third-order valence-electron chi connectivity index (χ3n) is 3.45. The molecule has 0 saturated carbocycles. The Morgan fingerprint density at radius 3 is 2.42 bits per heavy atom. The number of carboxylic acid groups (broad SMARTS) is 2.